The number of hydrogen-bond donors (Lipinski definition) is 1. The molecular weight excluding hydrogens is 429 g/mol. The standard InChI is InChI=1S/C20H27BrFN3O3/c1-14(2)3-6-18(26)24-9-11-25(12-10-24)19(27)7-8-23-20(28)16-13-15(22)4-5-17(16)21/h4-5,13-14H,3,6-12H2,1-2H3,(H,23,28). The highest BCUT2D eigenvalue weighted by Gasteiger charge is 2.24. The summed E-state index contributed by atoms with van der Waals surface area (Å²) in [5.41, 5.74) is 0.195. The number of rotatable bonds is 7. The van der Waals surface area contributed by atoms with E-state index in [9.17, 15) is 18.8 Å². The zero-order chi connectivity index (χ0) is 20.7. The van der Waals surface area contributed by atoms with Crippen LogP contribution in [0.5, 0.6) is 0 Å². The van der Waals surface area contributed by atoms with Gasteiger partial charge in [0.25, 0.3) is 5.91 Å². The second-order valence-electron chi connectivity index (χ2n) is 7.32. The predicted octanol–water partition coefficient (Wildman–Crippen LogP) is 2.82. The van der Waals surface area contributed by atoms with E-state index in [1.54, 1.807) is 4.90 Å². The number of amides is 3. The van der Waals surface area contributed by atoms with Crippen molar-refractivity contribution in [2.45, 2.75) is 33.1 Å². The first-order valence-electron chi connectivity index (χ1n) is 9.56. The van der Waals surface area contributed by atoms with Crippen LogP contribution in [0.4, 0.5) is 4.39 Å². The Kier molecular flexibility index (Phi) is 8.41. The van der Waals surface area contributed by atoms with E-state index >= 15 is 0 Å². The third-order valence-electron chi connectivity index (χ3n) is 4.72. The summed E-state index contributed by atoms with van der Waals surface area (Å²) < 4.78 is 13.8. The van der Waals surface area contributed by atoms with Crippen molar-refractivity contribution in [3.05, 3.63) is 34.1 Å². The first-order chi connectivity index (χ1) is 13.3. The fourth-order valence-corrected chi connectivity index (χ4v) is 3.41. The maximum atomic E-state index is 13.3. The molecule has 1 aliphatic rings. The number of piperazine rings is 1. The highest BCUT2D eigenvalue weighted by Crippen LogP contribution is 2.17. The molecule has 154 valence electrons. The van der Waals surface area contributed by atoms with Crippen molar-refractivity contribution < 1.29 is 18.8 Å². The maximum Gasteiger partial charge on any atom is 0.252 e. The number of nitrogens with one attached hydrogen (secondary N) is 1. The molecule has 6 nitrogen and oxygen atoms in total. The average Bonchev–Trinajstić information content (AvgIpc) is 2.67. The van der Waals surface area contributed by atoms with Gasteiger partial charge in [0.05, 0.1) is 5.56 Å². The minimum Gasteiger partial charge on any atom is -0.351 e. The molecule has 8 heteroatoms. The monoisotopic (exact) mass is 455 g/mol. The van der Waals surface area contributed by atoms with E-state index in [1.165, 1.54) is 12.1 Å². The van der Waals surface area contributed by atoms with Gasteiger partial charge in [0, 0.05) is 50.0 Å². The van der Waals surface area contributed by atoms with Crippen LogP contribution in [0.15, 0.2) is 22.7 Å². The number of carbonyl (C=O) groups excluding carboxylic acids is 3. The van der Waals surface area contributed by atoms with Gasteiger partial charge in [-0.25, -0.2) is 4.39 Å². The molecule has 1 aromatic rings. The molecule has 0 saturated carbocycles. The van der Waals surface area contributed by atoms with Crippen molar-refractivity contribution >= 4 is 33.7 Å². The Balaban J connectivity index is 1.72. The molecule has 3 amide bonds. The summed E-state index contributed by atoms with van der Waals surface area (Å²) in [5, 5.41) is 2.64. The van der Waals surface area contributed by atoms with Crippen molar-refractivity contribution in [3.8, 4) is 0 Å². The molecule has 0 radical (unpaired) electrons. The predicted molar refractivity (Wildman–Crippen MR) is 108 cm³/mol. The molecule has 1 aromatic carbocycles. The number of benzene rings is 1. The van der Waals surface area contributed by atoms with Crippen molar-refractivity contribution in [2.24, 2.45) is 5.92 Å². The summed E-state index contributed by atoms with van der Waals surface area (Å²) in [7, 11) is 0. The van der Waals surface area contributed by atoms with Crippen molar-refractivity contribution in [2.75, 3.05) is 32.7 Å². The number of nitrogens with zero attached hydrogens (tertiary/aromatic N) is 2. The molecule has 0 bridgehead atoms. The number of carbonyl (C=O) groups is 3. The molecule has 28 heavy (non-hydrogen) atoms. The Morgan fingerprint density at radius 2 is 1.64 bits per heavy atom. The largest absolute Gasteiger partial charge is 0.351 e. The Labute approximate surface area is 173 Å². The van der Waals surface area contributed by atoms with E-state index < -0.39 is 11.7 Å². The minimum atomic E-state index is -0.495. The SMILES string of the molecule is CC(C)CCC(=O)N1CCN(C(=O)CCNC(=O)c2cc(F)ccc2Br)CC1. The van der Waals surface area contributed by atoms with Gasteiger partial charge in [0.15, 0.2) is 0 Å². The Bertz CT molecular complexity index is 719. The normalized spacial score (nSPS) is 14.3. The Hall–Kier alpha value is -1.96. The van der Waals surface area contributed by atoms with E-state index in [0.717, 1.165) is 12.5 Å². The second-order valence-corrected chi connectivity index (χ2v) is 8.18. The molecule has 1 saturated heterocycles. The molecule has 1 N–H and O–H groups in total. The van der Waals surface area contributed by atoms with Gasteiger partial charge in [0.1, 0.15) is 5.82 Å². The lowest BCUT2D eigenvalue weighted by Crippen LogP contribution is -2.51. The van der Waals surface area contributed by atoms with Gasteiger partial charge in [-0.3, -0.25) is 14.4 Å². The first kappa shape index (κ1) is 22.3. The zero-order valence-electron chi connectivity index (χ0n) is 16.3. The molecule has 2 rings (SSSR count). The molecular formula is C20H27BrFN3O3. The van der Waals surface area contributed by atoms with Crippen molar-refractivity contribution in [1.29, 1.82) is 0 Å². The lowest BCUT2D eigenvalue weighted by atomic mass is 10.1. The fourth-order valence-electron chi connectivity index (χ4n) is 2.98. The summed E-state index contributed by atoms with van der Waals surface area (Å²) in [6, 6.07) is 3.88. The molecule has 1 heterocycles. The molecule has 0 unspecified atom stereocenters. The van der Waals surface area contributed by atoms with Crippen LogP contribution in [0.2, 0.25) is 0 Å². The van der Waals surface area contributed by atoms with Crippen LogP contribution in [-0.2, 0) is 9.59 Å². The third kappa shape index (κ3) is 6.58. The third-order valence-corrected chi connectivity index (χ3v) is 5.41. The van der Waals surface area contributed by atoms with Crippen LogP contribution in [-0.4, -0.2) is 60.2 Å². The summed E-state index contributed by atoms with van der Waals surface area (Å²) in [5.74, 6) is -0.346. The molecule has 0 spiro atoms. The Morgan fingerprint density at radius 1 is 1.07 bits per heavy atom. The number of hydrogen-bond acceptors (Lipinski definition) is 3. The van der Waals surface area contributed by atoms with Crippen molar-refractivity contribution in [1.82, 2.24) is 15.1 Å². The van der Waals surface area contributed by atoms with Gasteiger partial charge < -0.3 is 15.1 Å². The Morgan fingerprint density at radius 3 is 2.21 bits per heavy atom. The van der Waals surface area contributed by atoms with Gasteiger partial charge in [0.2, 0.25) is 11.8 Å². The van der Waals surface area contributed by atoms with Crippen LogP contribution in [0.3, 0.4) is 0 Å². The molecule has 1 fully saturated rings. The van der Waals surface area contributed by atoms with Crippen molar-refractivity contribution in [3.63, 3.8) is 0 Å². The quantitative estimate of drug-likeness (QED) is 0.686. The summed E-state index contributed by atoms with van der Waals surface area (Å²) >= 11 is 3.22. The summed E-state index contributed by atoms with van der Waals surface area (Å²) in [4.78, 5) is 40.1. The van der Waals surface area contributed by atoms with E-state index in [1.807, 2.05) is 4.90 Å². The maximum absolute atomic E-state index is 13.3. The van der Waals surface area contributed by atoms with Gasteiger partial charge in [-0.1, -0.05) is 13.8 Å². The van der Waals surface area contributed by atoms with E-state index in [-0.39, 0.29) is 30.3 Å². The topological polar surface area (TPSA) is 69.7 Å². The molecule has 0 aromatic heterocycles. The highest BCUT2D eigenvalue weighted by molar-refractivity contribution is 9.10. The van der Waals surface area contributed by atoms with Crippen LogP contribution >= 0.6 is 15.9 Å². The summed E-state index contributed by atoms with van der Waals surface area (Å²) in [6.45, 7) is 6.47. The van der Waals surface area contributed by atoms with Crippen LogP contribution in [0, 0.1) is 11.7 Å². The van der Waals surface area contributed by atoms with Gasteiger partial charge in [-0.15, -0.1) is 0 Å². The lowest BCUT2D eigenvalue weighted by Gasteiger charge is -2.35. The summed E-state index contributed by atoms with van der Waals surface area (Å²) in [6.07, 6.45) is 1.59. The van der Waals surface area contributed by atoms with E-state index in [2.05, 4.69) is 35.1 Å². The minimum absolute atomic E-state index is 0.0621. The molecule has 0 aliphatic carbocycles. The zero-order valence-corrected chi connectivity index (χ0v) is 17.9. The van der Waals surface area contributed by atoms with Gasteiger partial charge >= 0.3 is 0 Å². The molecule has 0 atom stereocenters. The van der Waals surface area contributed by atoms with Crippen LogP contribution in [0.1, 0.15) is 43.5 Å². The lowest BCUT2D eigenvalue weighted by molar-refractivity contribution is -0.139. The van der Waals surface area contributed by atoms with Crippen LogP contribution < -0.4 is 5.32 Å². The second kappa shape index (κ2) is 10.5. The number of halogens is 2. The van der Waals surface area contributed by atoms with Gasteiger partial charge in [-0.05, 0) is 46.5 Å². The van der Waals surface area contributed by atoms with E-state index in [4.69, 9.17) is 0 Å². The molecule has 1 aliphatic heterocycles. The smallest absolute Gasteiger partial charge is 0.252 e. The van der Waals surface area contributed by atoms with Crippen LogP contribution in [0.25, 0.3) is 0 Å². The van der Waals surface area contributed by atoms with Gasteiger partial charge in [-0.2, -0.15) is 0 Å². The average molecular weight is 456 g/mol. The fraction of sp³-hybridized carbons (Fsp3) is 0.550. The first-order valence-corrected chi connectivity index (χ1v) is 10.4. The highest BCUT2D eigenvalue weighted by atomic mass is 79.9. The van der Waals surface area contributed by atoms with E-state index in [0.29, 0.717) is 43.0 Å².